The highest BCUT2D eigenvalue weighted by Crippen LogP contribution is 2.16. The molecule has 2 unspecified atom stereocenters. The summed E-state index contributed by atoms with van der Waals surface area (Å²) in [5, 5.41) is 9.65. The SMILES string of the molecule is CCCCCCC/C=C\C/C=C\CCCCCCCCCCCCCCCCCCCC(=O)OC(COC(=O)CCCCCCCCCCCC)COC(OCC[N+](C)(C)C)C(=O)O. The Morgan fingerprint density at radius 1 is 0.469 bits per heavy atom. The molecule has 0 bridgehead atoms. The Morgan fingerprint density at radius 2 is 0.844 bits per heavy atom. The van der Waals surface area contributed by atoms with Gasteiger partial charge in [0.2, 0.25) is 0 Å². The van der Waals surface area contributed by atoms with Crippen LogP contribution in [-0.2, 0) is 33.3 Å². The van der Waals surface area contributed by atoms with Gasteiger partial charge in [-0.05, 0) is 44.9 Å². The van der Waals surface area contributed by atoms with Crippen molar-refractivity contribution in [3.8, 4) is 0 Å². The maximum Gasteiger partial charge on any atom is 0.361 e. The van der Waals surface area contributed by atoms with E-state index < -0.39 is 24.3 Å². The summed E-state index contributed by atoms with van der Waals surface area (Å²) in [7, 11) is 5.97. The minimum atomic E-state index is -1.50. The molecule has 376 valence electrons. The number of ether oxygens (including phenoxy) is 4. The molecular weight excluding hydrogens is 803 g/mol. The van der Waals surface area contributed by atoms with Crippen molar-refractivity contribution in [2.24, 2.45) is 0 Å². The fourth-order valence-corrected chi connectivity index (χ4v) is 7.75. The minimum absolute atomic E-state index is 0.176. The van der Waals surface area contributed by atoms with Gasteiger partial charge in [0.05, 0.1) is 34.4 Å². The van der Waals surface area contributed by atoms with Gasteiger partial charge in [0.15, 0.2) is 6.10 Å². The second kappa shape index (κ2) is 47.3. The molecule has 9 heteroatoms. The average molecular weight is 907 g/mol. The van der Waals surface area contributed by atoms with Crippen LogP contribution in [0.5, 0.6) is 0 Å². The van der Waals surface area contributed by atoms with Gasteiger partial charge in [0.25, 0.3) is 6.29 Å². The largest absolute Gasteiger partial charge is 0.477 e. The molecular formula is C55H104NO8+. The Labute approximate surface area is 395 Å². The zero-order valence-corrected chi connectivity index (χ0v) is 42.7. The van der Waals surface area contributed by atoms with Crippen LogP contribution < -0.4 is 0 Å². The van der Waals surface area contributed by atoms with E-state index in [0.717, 1.165) is 44.9 Å². The standard InChI is InChI=1S/C55H103NO8/c1-6-8-10-12-14-16-18-19-20-21-22-23-24-25-26-27-28-29-30-31-32-33-34-35-36-38-40-42-44-46-53(58)64-51(50-63-55(54(59)60)61-48-47-56(3,4)5)49-62-52(57)45-43-41-39-37-17-15-13-11-9-7-2/h18-19,21-22,51,55H,6-17,20,23-50H2,1-5H3/p+1/b19-18-,22-21-. The number of nitrogens with zero attached hydrogens (tertiary/aromatic N) is 1. The van der Waals surface area contributed by atoms with Crippen molar-refractivity contribution < 1.29 is 42.9 Å². The van der Waals surface area contributed by atoms with Gasteiger partial charge in [-0.15, -0.1) is 0 Å². The van der Waals surface area contributed by atoms with Crippen LogP contribution in [0.1, 0.15) is 251 Å². The number of likely N-dealkylation sites (N-methyl/N-ethyl adjacent to an activating group) is 1. The van der Waals surface area contributed by atoms with E-state index >= 15 is 0 Å². The maximum atomic E-state index is 12.8. The van der Waals surface area contributed by atoms with Crippen molar-refractivity contribution in [1.29, 1.82) is 0 Å². The Bertz CT molecular complexity index is 1100. The average Bonchev–Trinajstić information content (AvgIpc) is 3.26. The molecule has 0 aromatic rings. The van der Waals surface area contributed by atoms with Crippen LogP contribution in [0.2, 0.25) is 0 Å². The van der Waals surface area contributed by atoms with E-state index in [1.165, 1.54) is 180 Å². The molecule has 0 saturated carbocycles. The number of hydrogen-bond donors (Lipinski definition) is 1. The van der Waals surface area contributed by atoms with Crippen LogP contribution in [0.25, 0.3) is 0 Å². The van der Waals surface area contributed by atoms with Crippen molar-refractivity contribution in [2.75, 3.05) is 47.5 Å². The summed E-state index contributed by atoms with van der Waals surface area (Å²) in [6.07, 6.45) is 51.2. The molecule has 0 aromatic carbocycles. The lowest BCUT2D eigenvalue weighted by molar-refractivity contribution is -0.870. The van der Waals surface area contributed by atoms with Gasteiger partial charge in [0, 0.05) is 12.8 Å². The highest BCUT2D eigenvalue weighted by Gasteiger charge is 2.25. The molecule has 0 amide bonds. The number of unbranched alkanes of at least 4 members (excludes halogenated alkanes) is 31. The van der Waals surface area contributed by atoms with Gasteiger partial charge < -0.3 is 28.5 Å². The first kappa shape index (κ1) is 61.8. The molecule has 64 heavy (non-hydrogen) atoms. The number of carboxylic acids is 1. The van der Waals surface area contributed by atoms with Gasteiger partial charge in [-0.25, -0.2) is 4.79 Å². The van der Waals surface area contributed by atoms with E-state index in [0.29, 0.717) is 17.4 Å². The first-order valence-electron chi connectivity index (χ1n) is 27.0. The molecule has 2 atom stereocenters. The van der Waals surface area contributed by atoms with E-state index in [-0.39, 0.29) is 32.2 Å². The van der Waals surface area contributed by atoms with Gasteiger partial charge in [0.1, 0.15) is 13.2 Å². The zero-order valence-electron chi connectivity index (χ0n) is 42.7. The summed E-state index contributed by atoms with van der Waals surface area (Å²) in [6, 6.07) is 0. The molecule has 0 aliphatic heterocycles. The van der Waals surface area contributed by atoms with E-state index in [1.54, 1.807) is 0 Å². The first-order chi connectivity index (χ1) is 31.1. The zero-order chi connectivity index (χ0) is 47.0. The van der Waals surface area contributed by atoms with Crippen molar-refractivity contribution in [3.63, 3.8) is 0 Å². The third-order valence-electron chi connectivity index (χ3n) is 12.0. The van der Waals surface area contributed by atoms with Crippen molar-refractivity contribution >= 4 is 17.9 Å². The van der Waals surface area contributed by atoms with Crippen molar-refractivity contribution in [2.45, 2.75) is 264 Å². The lowest BCUT2D eigenvalue weighted by atomic mass is 10.0. The van der Waals surface area contributed by atoms with E-state index in [1.807, 2.05) is 21.1 Å². The second-order valence-electron chi connectivity index (χ2n) is 19.5. The summed E-state index contributed by atoms with van der Waals surface area (Å²) in [6.45, 7) is 4.88. The summed E-state index contributed by atoms with van der Waals surface area (Å²) < 4.78 is 22.8. The lowest BCUT2D eigenvalue weighted by Gasteiger charge is -2.25. The molecule has 1 N–H and O–H groups in total. The predicted octanol–water partition coefficient (Wildman–Crippen LogP) is 15.2. The van der Waals surface area contributed by atoms with Crippen LogP contribution >= 0.6 is 0 Å². The van der Waals surface area contributed by atoms with Gasteiger partial charge in [-0.2, -0.15) is 0 Å². The topological polar surface area (TPSA) is 108 Å². The molecule has 0 spiro atoms. The monoisotopic (exact) mass is 907 g/mol. The molecule has 0 heterocycles. The number of hydrogen-bond acceptors (Lipinski definition) is 7. The van der Waals surface area contributed by atoms with Gasteiger partial charge >= 0.3 is 17.9 Å². The molecule has 0 aliphatic rings. The van der Waals surface area contributed by atoms with Crippen LogP contribution in [0.15, 0.2) is 24.3 Å². The maximum absolute atomic E-state index is 12.8. The Hall–Kier alpha value is -2.23. The quantitative estimate of drug-likeness (QED) is 0.0211. The second-order valence-corrected chi connectivity index (χ2v) is 19.5. The predicted molar refractivity (Wildman–Crippen MR) is 268 cm³/mol. The van der Waals surface area contributed by atoms with Crippen molar-refractivity contribution in [1.82, 2.24) is 0 Å². The third-order valence-corrected chi connectivity index (χ3v) is 12.0. The summed E-state index contributed by atoms with van der Waals surface area (Å²) in [4.78, 5) is 37.2. The smallest absolute Gasteiger partial charge is 0.361 e. The molecule has 0 aromatic heterocycles. The number of quaternary nitrogens is 1. The van der Waals surface area contributed by atoms with Crippen molar-refractivity contribution in [3.05, 3.63) is 24.3 Å². The Balaban J connectivity index is 4.09. The van der Waals surface area contributed by atoms with Crippen LogP contribution in [0.4, 0.5) is 0 Å². The van der Waals surface area contributed by atoms with Crippen LogP contribution in [0, 0.1) is 0 Å². The molecule has 0 fully saturated rings. The highest BCUT2D eigenvalue weighted by molar-refractivity contribution is 5.71. The molecule has 0 radical (unpaired) electrons. The molecule has 9 nitrogen and oxygen atoms in total. The Kier molecular flexibility index (Phi) is 45.6. The molecule has 0 aliphatic carbocycles. The number of allylic oxidation sites excluding steroid dienone is 4. The number of carbonyl (C=O) groups excluding carboxylic acids is 2. The summed E-state index contributed by atoms with van der Waals surface area (Å²) in [5.74, 6) is -1.99. The summed E-state index contributed by atoms with van der Waals surface area (Å²) >= 11 is 0. The highest BCUT2D eigenvalue weighted by atomic mass is 16.7. The Morgan fingerprint density at radius 3 is 1.23 bits per heavy atom. The van der Waals surface area contributed by atoms with Crippen LogP contribution in [0.3, 0.4) is 0 Å². The fourth-order valence-electron chi connectivity index (χ4n) is 7.75. The van der Waals surface area contributed by atoms with Gasteiger partial charge in [-0.1, -0.05) is 218 Å². The lowest BCUT2D eigenvalue weighted by Crippen LogP contribution is -2.40. The van der Waals surface area contributed by atoms with E-state index in [4.69, 9.17) is 18.9 Å². The molecule has 0 rings (SSSR count). The van der Waals surface area contributed by atoms with Crippen LogP contribution in [-0.4, -0.2) is 87.4 Å². The minimum Gasteiger partial charge on any atom is -0.477 e. The fraction of sp³-hybridized carbons (Fsp3) is 0.873. The number of rotatable bonds is 50. The van der Waals surface area contributed by atoms with E-state index in [9.17, 15) is 19.5 Å². The number of carboxylic acid groups (broad SMARTS) is 1. The first-order valence-corrected chi connectivity index (χ1v) is 27.0. The van der Waals surface area contributed by atoms with Gasteiger partial charge in [-0.3, -0.25) is 9.59 Å². The molecule has 0 saturated heterocycles. The summed E-state index contributed by atoms with van der Waals surface area (Å²) in [5.41, 5.74) is 0. The van der Waals surface area contributed by atoms with E-state index in [2.05, 4.69) is 38.2 Å². The number of aliphatic carboxylic acids is 1. The third kappa shape index (κ3) is 47.7. The number of carbonyl (C=O) groups is 3. The number of esters is 2. The normalized spacial score (nSPS) is 13.0.